The van der Waals surface area contributed by atoms with Crippen molar-refractivity contribution in [3.8, 4) is 0 Å². The molecule has 0 saturated carbocycles. The third-order valence-corrected chi connectivity index (χ3v) is 5.59. The molecular weight excluding hydrogens is 416 g/mol. The van der Waals surface area contributed by atoms with Crippen molar-refractivity contribution in [2.45, 2.75) is 31.1 Å². The number of ether oxygens (including phenoxy) is 1. The van der Waals surface area contributed by atoms with E-state index in [4.69, 9.17) is 9.15 Å². The van der Waals surface area contributed by atoms with Crippen LogP contribution in [0.5, 0.6) is 0 Å². The molecule has 3 N–H and O–H groups in total. The Morgan fingerprint density at radius 1 is 1.33 bits per heavy atom. The van der Waals surface area contributed by atoms with E-state index in [2.05, 4.69) is 15.3 Å². The van der Waals surface area contributed by atoms with Crippen LogP contribution >= 0.6 is 0 Å². The van der Waals surface area contributed by atoms with Crippen LogP contribution in [0, 0.1) is 0 Å². The summed E-state index contributed by atoms with van der Waals surface area (Å²) in [7, 11) is -0.893. The summed E-state index contributed by atoms with van der Waals surface area (Å²) in [5.74, 6) is -0.691. The van der Waals surface area contributed by atoms with Crippen molar-refractivity contribution >= 4 is 21.9 Å². The molecule has 0 spiro atoms. The number of rotatable bonds is 11. The van der Waals surface area contributed by atoms with Gasteiger partial charge in [-0.2, -0.15) is 4.98 Å². The molecule has 2 aromatic rings. The highest BCUT2D eigenvalue weighted by molar-refractivity contribution is 7.92. The first kappa shape index (κ1) is 23.7. The normalized spacial score (nSPS) is 14.7. The molecule has 0 radical (unpaired) electrons. The molecule has 0 fully saturated rings. The molecule has 1 amide bonds. The lowest BCUT2D eigenvalue weighted by Gasteiger charge is -2.27. The van der Waals surface area contributed by atoms with Crippen molar-refractivity contribution in [1.82, 2.24) is 15.3 Å². The minimum atomic E-state index is -3.61. The fraction of sp³-hybridized carbons (Fsp3) is 0.500. The fourth-order valence-corrected chi connectivity index (χ4v) is 2.97. The molecule has 0 aliphatic carbocycles. The predicted octanol–water partition coefficient (Wildman–Crippen LogP) is -0.435. The summed E-state index contributed by atoms with van der Waals surface area (Å²) < 4.78 is 34.0. The van der Waals surface area contributed by atoms with Gasteiger partial charge in [-0.25, -0.2) is 12.7 Å². The van der Waals surface area contributed by atoms with Crippen LogP contribution in [0.3, 0.4) is 0 Å². The van der Waals surface area contributed by atoms with Crippen molar-refractivity contribution in [2.24, 2.45) is 0 Å². The van der Waals surface area contributed by atoms with Gasteiger partial charge in [0.25, 0.3) is 5.91 Å². The minimum Gasteiger partial charge on any atom is -0.430 e. The lowest BCUT2D eigenvalue weighted by molar-refractivity contribution is -0.0177. The van der Waals surface area contributed by atoms with Crippen LogP contribution in [0.25, 0.3) is 0 Å². The van der Waals surface area contributed by atoms with E-state index in [1.165, 1.54) is 14.2 Å². The molecule has 30 heavy (non-hydrogen) atoms. The molecule has 0 aromatic carbocycles. The molecule has 3 unspecified atom stereocenters. The molecular formula is C18H26N4O7S. The van der Waals surface area contributed by atoms with Crippen LogP contribution in [0.1, 0.15) is 22.5 Å². The van der Waals surface area contributed by atoms with E-state index >= 15 is 0 Å². The van der Waals surface area contributed by atoms with Gasteiger partial charge in [0.2, 0.25) is 10.0 Å². The smallest absolute Gasteiger partial charge is 0.311 e. The molecule has 2 heterocycles. The highest BCUT2D eigenvalue weighted by atomic mass is 32.2. The van der Waals surface area contributed by atoms with E-state index in [-0.39, 0.29) is 31.2 Å². The number of aliphatic hydroxyl groups excluding tert-OH is 2. The molecule has 2 aromatic heterocycles. The Balaban J connectivity index is 2.18. The van der Waals surface area contributed by atoms with Crippen LogP contribution in [-0.2, 0) is 21.2 Å². The summed E-state index contributed by atoms with van der Waals surface area (Å²) in [4.78, 5) is 20.5. The third-order valence-electron chi connectivity index (χ3n) is 4.44. The number of sulfonamides is 1. The van der Waals surface area contributed by atoms with Crippen LogP contribution in [0.4, 0.5) is 6.01 Å². The first-order chi connectivity index (χ1) is 14.1. The Bertz CT molecular complexity index is 920. The molecule has 166 valence electrons. The zero-order chi connectivity index (χ0) is 22.3. The fourth-order valence-electron chi connectivity index (χ4n) is 2.60. The summed E-state index contributed by atoms with van der Waals surface area (Å²) in [5.41, 5.74) is 0.616. The van der Waals surface area contributed by atoms with Crippen LogP contribution in [-0.4, -0.2) is 79.8 Å². The van der Waals surface area contributed by atoms with Gasteiger partial charge in [-0.15, -0.1) is 0 Å². The summed E-state index contributed by atoms with van der Waals surface area (Å²) in [6.07, 6.45) is 3.10. The number of methoxy groups -OCH3 is 1. The van der Waals surface area contributed by atoms with Crippen molar-refractivity contribution in [3.05, 3.63) is 42.0 Å². The summed E-state index contributed by atoms with van der Waals surface area (Å²) in [6, 6.07) is 2.32. The highest BCUT2D eigenvalue weighted by Crippen LogP contribution is 2.16. The maximum Gasteiger partial charge on any atom is 0.311 e. The van der Waals surface area contributed by atoms with E-state index in [0.29, 0.717) is 0 Å². The number of aromatic nitrogens is 2. The van der Waals surface area contributed by atoms with Crippen molar-refractivity contribution < 1.29 is 32.6 Å². The molecule has 11 nitrogen and oxygen atoms in total. The third kappa shape index (κ3) is 6.49. The minimum absolute atomic E-state index is 0.168. The predicted molar refractivity (Wildman–Crippen MR) is 107 cm³/mol. The van der Waals surface area contributed by atoms with Gasteiger partial charge >= 0.3 is 6.01 Å². The zero-order valence-electron chi connectivity index (χ0n) is 16.9. The Hall–Kier alpha value is -2.54. The van der Waals surface area contributed by atoms with Gasteiger partial charge in [0.1, 0.15) is 12.4 Å². The van der Waals surface area contributed by atoms with E-state index in [9.17, 15) is 23.4 Å². The zero-order valence-corrected chi connectivity index (χ0v) is 17.7. The number of nitrogens with one attached hydrogen (secondary N) is 1. The molecule has 2 rings (SSSR count). The van der Waals surface area contributed by atoms with Gasteiger partial charge in [-0.1, -0.05) is 0 Å². The summed E-state index contributed by atoms with van der Waals surface area (Å²) >= 11 is 0. The number of anilines is 1. The first-order valence-corrected chi connectivity index (χ1v) is 10.9. The van der Waals surface area contributed by atoms with Gasteiger partial charge in [0.15, 0.2) is 5.69 Å². The second-order valence-electron chi connectivity index (χ2n) is 6.72. The Kier molecular flexibility index (Phi) is 8.29. The van der Waals surface area contributed by atoms with Gasteiger partial charge in [-0.05, 0) is 30.5 Å². The first-order valence-electron chi connectivity index (χ1n) is 9.07. The highest BCUT2D eigenvalue weighted by Gasteiger charge is 2.29. The number of hydrogen-bond donors (Lipinski definition) is 3. The molecule has 0 aliphatic heterocycles. The molecule has 3 atom stereocenters. The lowest BCUT2D eigenvalue weighted by atomic mass is 9.96. The summed E-state index contributed by atoms with van der Waals surface area (Å²) in [6.45, 7) is 0.235. The maximum absolute atomic E-state index is 12.6. The van der Waals surface area contributed by atoms with Crippen molar-refractivity contribution in [3.63, 3.8) is 0 Å². The van der Waals surface area contributed by atoms with Gasteiger partial charge in [0.05, 0.1) is 18.4 Å². The van der Waals surface area contributed by atoms with Gasteiger partial charge in [-0.3, -0.25) is 9.78 Å². The van der Waals surface area contributed by atoms with Crippen LogP contribution < -0.4 is 9.62 Å². The monoisotopic (exact) mass is 442 g/mol. The number of amides is 1. The largest absolute Gasteiger partial charge is 0.430 e. The molecule has 0 aliphatic rings. The summed E-state index contributed by atoms with van der Waals surface area (Å²) in [5, 5.41) is 23.5. The second kappa shape index (κ2) is 10.5. The van der Waals surface area contributed by atoms with E-state index in [0.717, 1.165) is 22.4 Å². The number of nitrogens with zero attached hydrogens (tertiary/aromatic N) is 3. The number of pyridine rings is 1. The topological polar surface area (TPSA) is 155 Å². The number of aliphatic hydroxyl groups is 2. The standard InChI is InChI=1S/C18H26N4O7S/c1-22(30(3,26)27)18-21-14(11-29-18)17(25)20-13(10-12-4-7-19-8-5-12)16(24)15(23)6-9-28-2/h4-5,7-8,11,13,15-16,23-24H,6,9-10H2,1-3H3,(H,20,25). The van der Waals surface area contributed by atoms with Gasteiger partial charge < -0.3 is 24.7 Å². The number of hydrogen-bond acceptors (Lipinski definition) is 9. The number of carbonyl (C=O) groups excluding carboxylic acids is 1. The second-order valence-corrected chi connectivity index (χ2v) is 8.74. The quantitative estimate of drug-likeness (QED) is 0.420. The Labute approximate surface area is 174 Å². The van der Waals surface area contributed by atoms with Gasteiger partial charge in [0, 0.05) is 33.2 Å². The van der Waals surface area contributed by atoms with E-state index in [1.54, 1.807) is 24.5 Å². The molecule has 0 saturated heterocycles. The average molecular weight is 442 g/mol. The average Bonchev–Trinajstić information content (AvgIpc) is 3.20. The SMILES string of the molecule is COCCC(O)C(O)C(Cc1ccncc1)NC(=O)c1coc(N(C)S(C)(=O)=O)n1. The van der Waals surface area contributed by atoms with Crippen molar-refractivity contribution in [1.29, 1.82) is 0 Å². The number of carbonyl (C=O) groups is 1. The molecule has 12 heteroatoms. The maximum atomic E-state index is 12.6. The Morgan fingerprint density at radius 2 is 2.00 bits per heavy atom. The number of oxazole rings is 1. The van der Waals surface area contributed by atoms with Crippen LogP contribution in [0.2, 0.25) is 0 Å². The van der Waals surface area contributed by atoms with Crippen LogP contribution in [0.15, 0.2) is 35.2 Å². The Morgan fingerprint density at radius 3 is 2.60 bits per heavy atom. The van der Waals surface area contributed by atoms with Crippen molar-refractivity contribution in [2.75, 3.05) is 31.3 Å². The lowest BCUT2D eigenvalue weighted by Crippen LogP contribution is -2.50. The molecule has 0 bridgehead atoms. The van der Waals surface area contributed by atoms with E-state index < -0.39 is 34.2 Å². The van der Waals surface area contributed by atoms with E-state index in [1.807, 2.05) is 0 Å².